The fraction of sp³-hybridized carbons (Fsp3) is 0.583. The minimum atomic E-state index is -0.940. The molecular formula is C12H12N2O3. The van der Waals surface area contributed by atoms with Gasteiger partial charge in [0.1, 0.15) is 6.10 Å². The van der Waals surface area contributed by atoms with Crippen molar-refractivity contribution in [3.8, 4) is 6.07 Å². The molecule has 2 aliphatic carbocycles. The second kappa shape index (κ2) is 3.10. The summed E-state index contributed by atoms with van der Waals surface area (Å²) in [5.74, 6) is -0.555. The summed E-state index contributed by atoms with van der Waals surface area (Å²) in [6, 6.07) is 1.98. The molecule has 1 saturated heterocycles. The average Bonchev–Trinajstić information content (AvgIpc) is 2.90. The SMILES string of the molecule is C=CC(=O)NC1C2CC3C1OC(=O)C3(C#N)C2. The first kappa shape index (κ1) is 10.3. The second-order valence-electron chi connectivity index (χ2n) is 5.00. The molecule has 0 aromatic heterocycles. The van der Waals surface area contributed by atoms with Gasteiger partial charge in [-0.15, -0.1) is 0 Å². The molecule has 2 saturated carbocycles. The van der Waals surface area contributed by atoms with Crippen LogP contribution < -0.4 is 5.32 Å². The lowest BCUT2D eigenvalue weighted by molar-refractivity contribution is -0.146. The van der Waals surface area contributed by atoms with Crippen molar-refractivity contribution in [1.29, 1.82) is 5.26 Å². The van der Waals surface area contributed by atoms with E-state index in [1.807, 2.05) is 0 Å². The molecule has 3 aliphatic rings. The van der Waals surface area contributed by atoms with Crippen molar-refractivity contribution in [3.63, 3.8) is 0 Å². The van der Waals surface area contributed by atoms with Gasteiger partial charge in [0.05, 0.1) is 12.1 Å². The molecule has 2 bridgehead atoms. The van der Waals surface area contributed by atoms with E-state index in [4.69, 9.17) is 4.74 Å². The van der Waals surface area contributed by atoms with E-state index in [9.17, 15) is 14.9 Å². The van der Waals surface area contributed by atoms with Crippen LogP contribution in [0.2, 0.25) is 0 Å². The number of ether oxygens (including phenoxy) is 1. The van der Waals surface area contributed by atoms with Crippen LogP contribution in [0.25, 0.3) is 0 Å². The molecular weight excluding hydrogens is 220 g/mol. The van der Waals surface area contributed by atoms with Crippen LogP contribution in [0.3, 0.4) is 0 Å². The molecule has 5 nitrogen and oxygen atoms in total. The number of hydrogen-bond acceptors (Lipinski definition) is 4. The first-order valence-corrected chi connectivity index (χ1v) is 5.67. The Bertz CT molecular complexity index is 467. The maximum atomic E-state index is 11.8. The fourth-order valence-corrected chi connectivity index (χ4v) is 3.60. The number of amides is 1. The number of nitrogens with zero attached hydrogens (tertiary/aromatic N) is 1. The third-order valence-electron chi connectivity index (χ3n) is 4.33. The average molecular weight is 232 g/mol. The first-order chi connectivity index (χ1) is 8.12. The highest BCUT2D eigenvalue weighted by Gasteiger charge is 2.71. The van der Waals surface area contributed by atoms with Crippen LogP contribution >= 0.6 is 0 Å². The number of rotatable bonds is 2. The molecule has 5 atom stereocenters. The predicted octanol–water partition coefficient (Wildman–Crippen LogP) is 0.132. The van der Waals surface area contributed by atoms with Crippen molar-refractivity contribution in [1.82, 2.24) is 5.32 Å². The third-order valence-corrected chi connectivity index (χ3v) is 4.33. The minimum Gasteiger partial charge on any atom is -0.459 e. The Morgan fingerprint density at radius 1 is 1.71 bits per heavy atom. The Kier molecular flexibility index (Phi) is 1.88. The molecule has 17 heavy (non-hydrogen) atoms. The Labute approximate surface area is 98.4 Å². The Hall–Kier alpha value is -1.83. The van der Waals surface area contributed by atoms with Crippen LogP contribution in [-0.4, -0.2) is 24.0 Å². The zero-order valence-electron chi connectivity index (χ0n) is 9.18. The number of fused-ring (bicyclic) bond motifs is 1. The molecule has 5 unspecified atom stereocenters. The molecule has 0 aromatic rings. The van der Waals surface area contributed by atoms with Crippen molar-refractivity contribution >= 4 is 11.9 Å². The number of nitrogens with one attached hydrogen (secondary N) is 1. The van der Waals surface area contributed by atoms with Gasteiger partial charge < -0.3 is 10.1 Å². The minimum absolute atomic E-state index is 0.0554. The molecule has 3 fully saturated rings. The molecule has 0 spiro atoms. The van der Waals surface area contributed by atoms with Gasteiger partial charge in [-0.2, -0.15) is 5.26 Å². The number of nitriles is 1. The zero-order chi connectivity index (χ0) is 12.2. The topological polar surface area (TPSA) is 79.2 Å². The lowest BCUT2D eigenvalue weighted by atomic mass is 9.74. The summed E-state index contributed by atoms with van der Waals surface area (Å²) in [7, 11) is 0. The highest BCUT2D eigenvalue weighted by Crippen LogP contribution is 2.61. The van der Waals surface area contributed by atoms with Gasteiger partial charge in [-0.3, -0.25) is 9.59 Å². The zero-order valence-corrected chi connectivity index (χ0v) is 9.18. The maximum Gasteiger partial charge on any atom is 0.327 e. The van der Waals surface area contributed by atoms with Crippen LogP contribution in [0.4, 0.5) is 0 Å². The number of carbonyl (C=O) groups is 2. The van der Waals surface area contributed by atoms with Crippen molar-refractivity contribution in [3.05, 3.63) is 12.7 Å². The van der Waals surface area contributed by atoms with E-state index in [-0.39, 0.29) is 29.9 Å². The summed E-state index contributed by atoms with van der Waals surface area (Å²) < 4.78 is 5.28. The normalized spacial score (nSPS) is 45.2. The van der Waals surface area contributed by atoms with E-state index >= 15 is 0 Å². The van der Waals surface area contributed by atoms with Gasteiger partial charge in [0.2, 0.25) is 5.91 Å². The van der Waals surface area contributed by atoms with E-state index in [0.717, 1.165) is 6.42 Å². The quantitative estimate of drug-likeness (QED) is 0.542. The van der Waals surface area contributed by atoms with Crippen molar-refractivity contribution in [2.75, 3.05) is 0 Å². The lowest BCUT2D eigenvalue weighted by Gasteiger charge is -2.28. The molecule has 88 valence electrons. The van der Waals surface area contributed by atoms with Gasteiger partial charge >= 0.3 is 5.97 Å². The Balaban J connectivity index is 1.89. The number of esters is 1. The standard InChI is InChI=1S/C12H12N2O3/c1-2-8(15)14-9-6-3-7-10(9)17-11(16)12(7,4-6)5-13/h2,6-7,9-10H,1,3-4H2,(H,14,15). The monoisotopic (exact) mass is 232 g/mol. The van der Waals surface area contributed by atoms with Gasteiger partial charge in [0, 0.05) is 5.92 Å². The van der Waals surface area contributed by atoms with Crippen molar-refractivity contribution in [2.45, 2.75) is 25.0 Å². The van der Waals surface area contributed by atoms with Crippen LogP contribution in [0.5, 0.6) is 0 Å². The van der Waals surface area contributed by atoms with Gasteiger partial charge in [-0.1, -0.05) is 6.58 Å². The number of carbonyl (C=O) groups excluding carboxylic acids is 2. The van der Waals surface area contributed by atoms with Crippen molar-refractivity contribution in [2.24, 2.45) is 17.3 Å². The van der Waals surface area contributed by atoms with Crippen LogP contribution in [-0.2, 0) is 14.3 Å². The maximum absolute atomic E-state index is 11.8. The van der Waals surface area contributed by atoms with E-state index in [0.29, 0.717) is 6.42 Å². The van der Waals surface area contributed by atoms with E-state index in [1.54, 1.807) is 0 Å². The van der Waals surface area contributed by atoms with Crippen molar-refractivity contribution < 1.29 is 14.3 Å². The summed E-state index contributed by atoms with van der Waals surface area (Å²) in [5.41, 5.74) is -0.940. The van der Waals surface area contributed by atoms with Gasteiger partial charge in [0.25, 0.3) is 0 Å². The van der Waals surface area contributed by atoms with Gasteiger partial charge in [-0.25, -0.2) is 0 Å². The van der Waals surface area contributed by atoms with Crippen LogP contribution in [0, 0.1) is 28.6 Å². The molecule has 1 N–H and O–H groups in total. The van der Waals surface area contributed by atoms with E-state index in [2.05, 4.69) is 18.0 Å². The lowest BCUT2D eigenvalue weighted by Crippen LogP contribution is -2.47. The Morgan fingerprint density at radius 2 is 2.47 bits per heavy atom. The summed E-state index contributed by atoms with van der Waals surface area (Å²) in [6.07, 6.45) is 2.17. The fourth-order valence-electron chi connectivity index (χ4n) is 3.60. The third kappa shape index (κ3) is 1.08. The summed E-state index contributed by atoms with van der Waals surface area (Å²) in [4.78, 5) is 23.1. The smallest absolute Gasteiger partial charge is 0.327 e. The van der Waals surface area contributed by atoms with E-state index in [1.165, 1.54) is 6.08 Å². The summed E-state index contributed by atoms with van der Waals surface area (Å²) in [6.45, 7) is 3.40. The molecule has 0 aromatic carbocycles. The molecule has 3 rings (SSSR count). The summed E-state index contributed by atoms with van der Waals surface area (Å²) in [5, 5.41) is 12.0. The summed E-state index contributed by atoms with van der Waals surface area (Å²) >= 11 is 0. The van der Waals surface area contributed by atoms with Gasteiger partial charge in [-0.05, 0) is 24.8 Å². The first-order valence-electron chi connectivity index (χ1n) is 5.67. The molecule has 0 radical (unpaired) electrons. The highest BCUT2D eigenvalue weighted by molar-refractivity contribution is 5.88. The van der Waals surface area contributed by atoms with E-state index < -0.39 is 11.4 Å². The van der Waals surface area contributed by atoms with Crippen LogP contribution in [0.15, 0.2) is 12.7 Å². The Morgan fingerprint density at radius 3 is 3.12 bits per heavy atom. The molecule has 1 heterocycles. The second-order valence-corrected chi connectivity index (χ2v) is 5.00. The number of hydrogen-bond donors (Lipinski definition) is 1. The predicted molar refractivity (Wildman–Crippen MR) is 56.3 cm³/mol. The largest absolute Gasteiger partial charge is 0.459 e. The molecule has 5 heteroatoms. The molecule has 1 amide bonds. The highest BCUT2D eigenvalue weighted by atomic mass is 16.6. The van der Waals surface area contributed by atoms with Gasteiger partial charge in [0.15, 0.2) is 5.41 Å². The molecule has 1 aliphatic heterocycles. The van der Waals surface area contributed by atoms with Crippen LogP contribution in [0.1, 0.15) is 12.8 Å².